The predicted molar refractivity (Wildman–Crippen MR) is 53.7 cm³/mol. The van der Waals surface area contributed by atoms with E-state index in [0.717, 1.165) is 32.4 Å². The highest BCUT2D eigenvalue weighted by molar-refractivity contribution is 5.73. The Morgan fingerprint density at radius 2 is 2.14 bits per heavy atom. The Kier molecular flexibility index (Phi) is 2.77. The van der Waals surface area contributed by atoms with Crippen molar-refractivity contribution in [2.75, 3.05) is 13.1 Å². The summed E-state index contributed by atoms with van der Waals surface area (Å²) in [7, 11) is 0. The van der Waals surface area contributed by atoms with E-state index in [1.54, 1.807) is 6.92 Å². The minimum absolute atomic E-state index is 0.108. The number of likely N-dealkylation sites (tertiary alicyclic amines) is 1. The van der Waals surface area contributed by atoms with E-state index in [4.69, 9.17) is 0 Å². The van der Waals surface area contributed by atoms with Crippen LogP contribution in [0.3, 0.4) is 0 Å². The first-order valence-electron chi connectivity index (χ1n) is 5.62. The van der Waals surface area contributed by atoms with Crippen molar-refractivity contribution in [2.45, 2.75) is 38.7 Å². The van der Waals surface area contributed by atoms with Crippen LogP contribution in [0.15, 0.2) is 0 Å². The molecular formula is C11H19NO2. The molecule has 1 heterocycles. The van der Waals surface area contributed by atoms with Crippen LogP contribution in [0, 0.1) is 11.8 Å². The number of piperidine rings is 1. The van der Waals surface area contributed by atoms with E-state index in [1.807, 2.05) is 4.90 Å². The van der Waals surface area contributed by atoms with Crippen LogP contribution in [-0.4, -0.2) is 35.1 Å². The van der Waals surface area contributed by atoms with Crippen LogP contribution in [0.4, 0.5) is 0 Å². The molecule has 1 aliphatic carbocycles. The Hall–Kier alpha value is -0.570. The lowest BCUT2D eigenvalue weighted by Gasteiger charge is -2.43. The minimum atomic E-state index is -0.108. The summed E-state index contributed by atoms with van der Waals surface area (Å²) in [6.07, 6.45) is 4.15. The van der Waals surface area contributed by atoms with Crippen molar-refractivity contribution < 1.29 is 9.90 Å². The summed E-state index contributed by atoms with van der Waals surface area (Å²) in [6.45, 7) is 3.35. The van der Waals surface area contributed by atoms with Gasteiger partial charge in [0.2, 0.25) is 5.91 Å². The molecule has 2 rings (SSSR count). The average molecular weight is 197 g/mol. The highest BCUT2D eigenvalue weighted by Gasteiger charge is 2.36. The van der Waals surface area contributed by atoms with Crippen molar-refractivity contribution in [1.82, 2.24) is 4.90 Å². The third-order valence-corrected chi connectivity index (χ3v) is 3.81. The van der Waals surface area contributed by atoms with E-state index in [2.05, 4.69) is 0 Å². The maximum atomic E-state index is 11.2. The smallest absolute Gasteiger partial charge is 0.219 e. The largest absolute Gasteiger partial charge is 0.393 e. The number of amides is 1. The summed E-state index contributed by atoms with van der Waals surface area (Å²) < 4.78 is 0. The summed E-state index contributed by atoms with van der Waals surface area (Å²) >= 11 is 0. The third-order valence-electron chi connectivity index (χ3n) is 3.81. The van der Waals surface area contributed by atoms with Gasteiger partial charge in [0.05, 0.1) is 6.10 Å². The number of carbonyl (C=O) groups excluding carboxylic acids is 1. The molecule has 1 saturated carbocycles. The molecule has 0 bridgehead atoms. The number of fused-ring (bicyclic) bond motifs is 1. The Morgan fingerprint density at radius 1 is 1.36 bits per heavy atom. The van der Waals surface area contributed by atoms with Crippen molar-refractivity contribution in [2.24, 2.45) is 11.8 Å². The molecule has 0 radical (unpaired) electrons. The molecule has 3 unspecified atom stereocenters. The molecule has 0 aromatic rings. The van der Waals surface area contributed by atoms with Gasteiger partial charge in [-0.1, -0.05) is 6.42 Å². The fourth-order valence-electron chi connectivity index (χ4n) is 2.95. The SMILES string of the molecule is CC(=O)N1CCC2C(O)CCCC2C1. The summed E-state index contributed by atoms with van der Waals surface area (Å²) in [5.74, 6) is 1.19. The average Bonchev–Trinajstić information content (AvgIpc) is 2.17. The molecule has 1 amide bonds. The normalized spacial score (nSPS) is 37.9. The molecule has 2 aliphatic rings. The standard InChI is InChI=1S/C11H19NO2/c1-8(13)12-6-5-10-9(7-12)3-2-4-11(10)14/h9-11,14H,2-7H2,1H3. The zero-order valence-electron chi connectivity index (χ0n) is 8.78. The number of nitrogens with zero attached hydrogens (tertiary/aromatic N) is 1. The van der Waals surface area contributed by atoms with Crippen molar-refractivity contribution in [3.05, 3.63) is 0 Å². The van der Waals surface area contributed by atoms with Gasteiger partial charge in [-0.05, 0) is 31.1 Å². The molecule has 14 heavy (non-hydrogen) atoms. The second kappa shape index (κ2) is 3.89. The van der Waals surface area contributed by atoms with E-state index in [-0.39, 0.29) is 12.0 Å². The number of hydrogen-bond donors (Lipinski definition) is 1. The predicted octanol–water partition coefficient (Wildman–Crippen LogP) is 1.02. The number of hydrogen-bond acceptors (Lipinski definition) is 2. The molecule has 2 fully saturated rings. The van der Waals surface area contributed by atoms with Crippen LogP contribution < -0.4 is 0 Å². The van der Waals surface area contributed by atoms with Crippen molar-refractivity contribution in [3.63, 3.8) is 0 Å². The quantitative estimate of drug-likeness (QED) is 0.629. The van der Waals surface area contributed by atoms with Gasteiger partial charge in [-0.15, -0.1) is 0 Å². The fourth-order valence-corrected chi connectivity index (χ4v) is 2.95. The van der Waals surface area contributed by atoms with Crippen LogP contribution in [-0.2, 0) is 4.79 Å². The monoisotopic (exact) mass is 197 g/mol. The first-order chi connectivity index (χ1) is 6.68. The number of aliphatic hydroxyl groups is 1. The summed E-state index contributed by atoms with van der Waals surface area (Å²) in [5.41, 5.74) is 0. The van der Waals surface area contributed by atoms with E-state index >= 15 is 0 Å². The topological polar surface area (TPSA) is 40.5 Å². The van der Waals surface area contributed by atoms with Crippen LogP contribution in [0.5, 0.6) is 0 Å². The number of aliphatic hydroxyl groups excluding tert-OH is 1. The Labute approximate surface area is 85.1 Å². The number of rotatable bonds is 0. The van der Waals surface area contributed by atoms with Gasteiger partial charge in [0.15, 0.2) is 0 Å². The molecule has 3 nitrogen and oxygen atoms in total. The first kappa shape index (κ1) is 9.97. The molecule has 80 valence electrons. The van der Waals surface area contributed by atoms with Gasteiger partial charge < -0.3 is 10.0 Å². The first-order valence-corrected chi connectivity index (χ1v) is 5.62. The fraction of sp³-hybridized carbons (Fsp3) is 0.909. The minimum Gasteiger partial charge on any atom is -0.393 e. The third kappa shape index (κ3) is 1.78. The van der Waals surface area contributed by atoms with E-state index < -0.39 is 0 Å². The van der Waals surface area contributed by atoms with Crippen LogP contribution in [0.25, 0.3) is 0 Å². The number of carbonyl (C=O) groups is 1. The highest BCUT2D eigenvalue weighted by atomic mass is 16.3. The summed E-state index contributed by atoms with van der Waals surface area (Å²) in [6, 6.07) is 0. The molecule has 1 saturated heterocycles. The zero-order valence-corrected chi connectivity index (χ0v) is 8.78. The van der Waals surface area contributed by atoms with Gasteiger partial charge >= 0.3 is 0 Å². The maximum absolute atomic E-state index is 11.2. The van der Waals surface area contributed by atoms with Gasteiger partial charge in [-0.2, -0.15) is 0 Å². The molecule has 3 heteroatoms. The molecule has 1 N–H and O–H groups in total. The van der Waals surface area contributed by atoms with E-state index in [9.17, 15) is 9.90 Å². The van der Waals surface area contributed by atoms with E-state index in [0.29, 0.717) is 11.8 Å². The van der Waals surface area contributed by atoms with Gasteiger partial charge in [0.25, 0.3) is 0 Å². The summed E-state index contributed by atoms with van der Waals surface area (Å²) in [5, 5.41) is 9.83. The van der Waals surface area contributed by atoms with Crippen molar-refractivity contribution >= 4 is 5.91 Å². The molecule has 0 aromatic carbocycles. The zero-order chi connectivity index (χ0) is 10.1. The van der Waals surface area contributed by atoms with Gasteiger partial charge in [-0.25, -0.2) is 0 Å². The second-order valence-corrected chi connectivity index (χ2v) is 4.68. The molecule has 1 aliphatic heterocycles. The second-order valence-electron chi connectivity index (χ2n) is 4.68. The summed E-state index contributed by atoms with van der Waals surface area (Å²) in [4.78, 5) is 13.1. The molecule has 0 aromatic heterocycles. The van der Waals surface area contributed by atoms with Crippen molar-refractivity contribution in [1.29, 1.82) is 0 Å². The molecular weight excluding hydrogens is 178 g/mol. The van der Waals surface area contributed by atoms with Crippen molar-refractivity contribution in [3.8, 4) is 0 Å². The lowest BCUT2D eigenvalue weighted by atomic mass is 9.73. The lowest BCUT2D eigenvalue weighted by molar-refractivity contribution is -0.133. The van der Waals surface area contributed by atoms with Gasteiger partial charge in [0, 0.05) is 20.0 Å². The van der Waals surface area contributed by atoms with Gasteiger partial charge in [-0.3, -0.25) is 4.79 Å². The van der Waals surface area contributed by atoms with Crippen LogP contribution in [0.1, 0.15) is 32.6 Å². The molecule has 3 atom stereocenters. The maximum Gasteiger partial charge on any atom is 0.219 e. The van der Waals surface area contributed by atoms with Crippen LogP contribution >= 0.6 is 0 Å². The molecule has 0 spiro atoms. The van der Waals surface area contributed by atoms with Crippen LogP contribution in [0.2, 0.25) is 0 Å². The van der Waals surface area contributed by atoms with E-state index in [1.165, 1.54) is 6.42 Å². The van der Waals surface area contributed by atoms with Gasteiger partial charge in [0.1, 0.15) is 0 Å². The Morgan fingerprint density at radius 3 is 2.86 bits per heavy atom. The Bertz CT molecular complexity index is 229. The Balaban J connectivity index is 1.99. The highest BCUT2D eigenvalue weighted by Crippen LogP contribution is 2.36. The lowest BCUT2D eigenvalue weighted by Crippen LogP contribution is -2.47.